The molecule has 1 aromatic carbocycles. The maximum absolute atomic E-state index is 14.8. The second-order valence-corrected chi connectivity index (χ2v) is 27.8. The Morgan fingerprint density at radius 1 is 0.400 bits per heavy atom. The standard InChI is InChI=1S/C71H102N28O21/c1-4-33(2)57(99-67(116)49(23-54(75)104)97-68(117)56(76)34(3)100)69(118)98-47(21-39-28-82-32-87-39)61(110)88-41(13-15-52(73)102)59(108)96-50(24-55(105)106)66(115)89-40(12-14-51(72)101)58(107)92-45(19-37-26-80-30-85-37)64(113)95-48(22-53(74)103)65(114)94-46(20-38-27-81-31-86-38)63(112)91-43(17-35-9-6-5-7-10-35)60(109)93-44(18-36-25-79-29-84-36)62(111)90-42(70(119)120)11-8-16-83-71(77)78/h5-7,9-10,25-34,40-50,56-57,100H,4,8,11-24,76H2,1-3H3,(H2,72,101)(H2,73,102)(H2,74,103)(H2,75,104)(H,79,84)(H,80,85)(H,81,86)(H,82,87)(H,88,110)(H,89,115)(H,90,111)(H,91,112)(H,92,107)(H,93,109)(H,94,114)(H,95,113)(H,96,108)(H,97,117)(H,98,118)(H,99,116)(H,105,106)(H,119,120)(H4,77,78,83)/t33-,34+,40-,41-,42-,43-,44-,45-,46-,47-,48-,49-,50-,56-,57-/m0/s1. The Balaban J connectivity index is 1.42. The quantitative estimate of drug-likeness (QED) is 0.00976. The number of imidazole rings is 4. The van der Waals surface area contributed by atoms with Gasteiger partial charge in [-0.1, -0.05) is 50.6 Å². The Morgan fingerprint density at radius 2 is 0.717 bits per heavy atom. The summed E-state index contributed by atoms with van der Waals surface area (Å²) in [7, 11) is 0. The first-order chi connectivity index (χ1) is 56.8. The van der Waals surface area contributed by atoms with E-state index in [1.165, 1.54) is 63.9 Å². The normalized spacial score (nSPS) is 14.8. The van der Waals surface area contributed by atoms with Crippen LogP contribution in [0.4, 0.5) is 0 Å². The van der Waals surface area contributed by atoms with Crippen molar-refractivity contribution in [2.45, 2.75) is 202 Å². The molecule has 0 saturated carbocycles. The minimum atomic E-state index is -2.23. The third kappa shape index (κ3) is 33.5. The summed E-state index contributed by atoms with van der Waals surface area (Å²) in [5.74, 6) is -23.1. The number of benzene rings is 1. The number of nitrogens with zero attached hydrogens (tertiary/aromatic N) is 4. The summed E-state index contributed by atoms with van der Waals surface area (Å²) >= 11 is 0. The molecule has 0 saturated heterocycles. The maximum atomic E-state index is 14.8. The van der Waals surface area contributed by atoms with Crippen molar-refractivity contribution in [1.82, 2.24) is 109 Å². The van der Waals surface area contributed by atoms with E-state index in [1.807, 2.05) is 0 Å². The van der Waals surface area contributed by atoms with E-state index in [-0.39, 0.29) is 67.4 Å². The van der Waals surface area contributed by atoms with Gasteiger partial charge in [0.1, 0.15) is 78.5 Å². The van der Waals surface area contributed by atoms with Gasteiger partial charge < -0.3 is 139 Å². The number of carboxylic acid groups (broad SMARTS) is 2. The van der Waals surface area contributed by atoms with Crippen molar-refractivity contribution in [3.8, 4) is 0 Å². The van der Waals surface area contributed by atoms with Crippen LogP contribution in [0.15, 0.2) is 80.4 Å². The molecule has 0 spiro atoms. The Hall–Kier alpha value is -14.3. The van der Waals surface area contributed by atoms with Crippen molar-refractivity contribution < 1.29 is 102 Å². The monoisotopic (exact) mass is 1680 g/mol. The fourth-order valence-electron chi connectivity index (χ4n) is 11.6. The lowest BCUT2D eigenvalue weighted by Gasteiger charge is -2.29. The average Bonchev–Trinajstić information content (AvgIpc) is 1.29. The molecule has 15 atom stereocenters. The molecule has 0 aliphatic rings. The van der Waals surface area contributed by atoms with Gasteiger partial charge in [-0.25, -0.2) is 24.7 Å². The van der Waals surface area contributed by atoms with Crippen molar-refractivity contribution in [3.05, 3.63) is 109 Å². The van der Waals surface area contributed by atoms with Crippen molar-refractivity contribution in [3.63, 3.8) is 0 Å². The number of hydrogen-bond acceptors (Lipinski definition) is 25. The van der Waals surface area contributed by atoms with E-state index in [0.717, 1.165) is 0 Å². The minimum absolute atomic E-state index is 0.0366. The smallest absolute Gasteiger partial charge is 0.326 e. The molecule has 0 aliphatic carbocycles. The van der Waals surface area contributed by atoms with Crippen LogP contribution >= 0.6 is 0 Å². The lowest BCUT2D eigenvalue weighted by atomic mass is 9.96. The van der Waals surface area contributed by atoms with Crippen LogP contribution in [0.5, 0.6) is 0 Å². The van der Waals surface area contributed by atoms with Gasteiger partial charge in [-0.05, 0) is 44.1 Å². The zero-order chi connectivity index (χ0) is 88.9. The molecule has 652 valence electrons. The Bertz CT molecular complexity index is 4340. The van der Waals surface area contributed by atoms with E-state index < -0.39 is 261 Å². The number of nitrogens with two attached hydrogens (primary N) is 6. The van der Waals surface area contributed by atoms with Gasteiger partial charge in [0.25, 0.3) is 0 Å². The molecule has 0 radical (unpaired) electrons. The highest BCUT2D eigenvalue weighted by Gasteiger charge is 2.40. The molecule has 0 fully saturated rings. The van der Waals surface area contributed by atoms with Crippen LogP contribution in [0.25, 0.3) is 0 Å². The summed E-state index contributed by atoms with van der Waals surface area (Å²) in [5.41, 5.74) is 34.0. The first kappa shape index (κ1) is 96.3. The van der Waals surface area contributed by atoms with Crippen LogP contribution in [0.1, 0.15) is 113 Å². The minimum Gasteiger partial charge on any atom is -0.481 e. The molecule has 5 aromatic rings. The van der Waals surface area contributed by atoms with Crippen LogP contribution in [0, 0.1) is 11.3 Å². The lowest BCUT2D eigenvalue weighted by molar-refractivity contribution is -0.142. The van der Waals surface area contributed by atoms with Crippen LogP contribution in [-0.2, 0) is 118 Å². The van der Waals surface area contributed by atoms with E-state index in [0.29, 0.717) is 5.56 Å². The number of carbonyl (C=O) groups excluding carboxylic acids is 16. The fourth-order valence-corrected chi connectivity index (χ4v) is 11.6. The molecule has 4 heterocycles. The number of carbonyl (C=O) groups is 18. The highest BCUT2D eigenvalue weighted by molar-refractivity contribution is 6.02. The van der Waals surface area contributed by atoms with Crippen molar-refractivity contribution in [2.24, 2.45) is 40.3 Å². The average molecular weight is 1680 g/mol. The van der Waals surface area contributed by atoms with E-state index in [9.17, 15) is 102 Å². The summed E-state index contributed by atoms with van der Waals surface area (Å²) in [5, 5.41) is 68.6. The van der Waals surface area contributed by atoms with Crippen LogP contribution in [0.2, 0.25) is 0 Å². The molecule has 33 N–H and O–H groups in total. The first-order valence-corrected chi connectivity index (χ1v) is 37.5. The summed E-state index contributed by atoms with van der Waals surface area (Å²) in [6, 6.07) is -15.1. The Kier molecular flexibility index (Phi) is 38.8. The second-order valence-electron chi connectivity index (χ2n) is 27.8. The lowest BCUT2D eigenvalue weighted by Crippen LogP contribution is -2.62. The SMILES string of the molecule is CC[C@H](C)[C@H](NC(=O)[C@H](CC(N)=O)NC(=O)[C@@H](N)[C@@H](C)O)C(=O)N[C@@H](Cc1c[nH]cn1)C(=O)N[C@@H](CCC(N)=O)C(=O)N[C@@H](CC(=O)O)C(=O)N[C@@H](CCC(N)=O)C(=O)N[C@@H](Cc1c[nH]cn1)C(=O)N[C@@H](CC(N)=O)C(=O)N[C@@H](Cc1c[nH]cn1)C(=O)N[C@@H](Cc1ccccc1)C(=O)N[C@@H](Cc1c[nH]cn1)C(=O)N[C@@H](CCCNC(=N)N)C(=O)O. The number of amides is 16. The van der Waals surface area contributed by atoms with Crippen LogP contribution in [-0.4, -0.2) is 259 Å². The number of aromatic nitrogens is 8. The van der Waals surface area contributed by atoms with E-state index in [4.69, 9.17) is 39.8 Å². The molecule has 49 heteroatoms. The molecule has 16 amide bonds. The predicted octanol–water partition coefficient (Wildman–Crippen LogP) is -10.2. The largest absolute Gasteiger partial charge is 0.481 e. The number of hydrogen-bond donors (Lipinski definition) is 27. The number of aliphatic hydroxyl groups is 1. The molecule has 4 aromatic heterocycles. The summed E-state index contributed by atoms with van der Waals surface area (Å²) in [4.78, 5) is 274. The highest BCUT2D eigenvalue weighted by Crippen LogP contribution is 2.15. The molecule has 0 unspecified atom stereocenters. The van der Waals surface area contributed by atoms with Gasteiger partial charge in [0.15, 0.2) is 5.96 Å². The highest BCUT2D eigenvalue weighted by atomic mass is 16.4. The van der Waals surface area contributed by atoms with Crippen molar-refractivity contribution >= 4 is 112 Å². The number of guanidine groups is 1. The summed E-state index contributed by atoms with van der Waals surface area (Å²) < 4.78 is 0. The van der Waals surface area contributed by atoms with Crippen LogP contribution < -0.4 is 104 Å². The number of carboxylic acids is 2. The number of rotatable bonds is 54. The molecule has 0 aliphatic heterocycles. The molecule has 5 rings (SSSR count). The maximum Gasteiger partial charge on any atom is 0.326 e. The summed E-state index contributed by atoms with van der Waals surface area (Å²) in [6.45, 7) is 4.40. The topological polar surface area (TPSA) is 819 Å². The Labute approximate surface area is 683 Å². The predicted molar refractivity (Wildman–Crippen MR) is 415 cm³/mol. The van der Waals surface area contributed by atoms with E-state index in [2.05, 4.69) is 109 Å². The molecule has 120 heavy (non-hydrogen) atoms. The number of nitrogens with one attached hydrogen (secondary N) is 18. The number of aromatic amines is 4. The van der Waals surface area contributed by atoms with Crippen LogP contribution in [0.3, 0.4) is 0 Å². The first-order valence-electron chi connectivity index (χ1n) is 37.5. The molecule has 0 bridgehead atoms. The molecular formula is C71H102N28O21. The van der Waals surface area contributed by atoms with Gasteiger partial charge in [-0.2, -0.15) is 0 Å². The number of aliphatic carboxylic acids is 2. The third-order valence-electron chi connectivity index (χ3n) is 18.2. The zero-order valence-electron chi connectivity index (χ0n) is 65.4. The number of aliphatic hydroxyl groups excluding tert-OH is 1. The zero-order valence-corrected chi connectivity index (χ0v) is 65.4. The Morgan fingerprint density at radius 3 is 1.04 bits per heavy atom. The van der Waals surface area contributed by atoms with Gasteiger partial charge >= 0.3 is 11.9 Å². The fraction of sp³-hybridized carbons (Fsp3) is 0.479. The van der Waals surface area contributed by atoms with Crippen molar-refractivity contribution in [1.29, 1.82) is 5.41 Å². The second kappa shape index (κ2) is 48.3. The molecular weight excluding hydrogens is 1580 g/mol. The van der Waals surface area contributed by atoms with Crippen molar-refractivity contribution in [2.75, 3.05) is 6.54 Å². The number of primary amides is 4. The third-order valence-corrected chi connectivity index (χ3v) is 18.2. The van der Waals surface area contributed by atoms with E-state index >= 15 is 0 Å². The van der Waals surface area contributed by atoms with Gasteiger partial charge in [-0.15, -0.1) is 0 Å². The van der Waals surface area contributed by atoms with Gasteiger partial charge in [0.2, 0.25) is 94.5 Å². The summed E-state index contributed by atoms with van der Waals surface area (Å²) in [6.07, 6.45) is 0.921. The van der Waals surface area contributed by atoms with Gasteiger partial charge in [-0.3, -0.25) is 86.9 Å². The van der Waals surface area contributed by atoms with Gasteiger partial charge in [0.05, 0.1) is 73.5 Å². The number of H-pyrrole nitrogens is 4. The van der Waals surface area contributed by atoms with E-state index in [1.54, 1.807) is 37.3 Å². The molecule has 49 nitrogen and oxygen atoms in total. The van der Waals surface area contributed by atoms with Gasteiger partial charge in [0, 0.05) is 76.3 Å².